The number of rotatable bonds is 5. The van der Waals surface area contributed by atoms with E-state index in [0.29, 0.717) is 6.42 Å². The molecule has 1 N–H and O–H groups in total. The van der Waals surface area contributed by atoms with Gasteiger partial charge >= 0.3 is 0 Å². The fourth-order valence-electron chi connectivity index (χ4n) is 1.87. The molecule has 0 spiro atoms. The summed E-state index contributed by atoms with van der Waals surface area (Å²) in [5, 5.41) is 1.71. The van der Waals surface area contributed by atoms with Crippen molar-refractivity contribution in [1.82, 2.24) is 5.43 Å². The van der Waals surface area contributed by atoms with E-state index < -0.39 is 0 Å². The molecule has 0 radical (unpaired) electrons. The molecule has 0 atom stereocenters. The van der Waals surface area contributed by atoms with Crippen LogP contribution in [0.2, 0.25) is 0 Å². The van der Waals surface area contributed by atoms with Crippen molar-refractivity contribution < 1.29 is 9.53 Å². The summed E-state index contributed by atoms with van der Waals surface area (Å²) in [4.78, 5) is 12.0. The summed E-state index contributed by atoms with van der Waals surface area (Å²) in [6.45, 7) is 0. The van der Waals surface area contributed by atoms with Gasteiger partial charge in [0.15, 0.2) is 0 Å². The number of carbonyl (C=O) groups excluding carboxylic acids is 1. The second-order valence-corrected chi connectivity index (χ2v) is 4.45. The maximum atomic E-state index is 12.0. The molecule has 0 fully saturated rings. The predicted molar refractivity (Wildman–Crippen MR) is 79.7 cm³/mol. The molecule has 0 aromatic heterocycles. The standard InChI is InChI=1S/C16H18N2O2/c1-18(14-6-4-3-5-7-14)17-16(19)12-13-8-10-15(20-2)11-9-13/h3-11H,12H2,1-2H3,(H,17,19). The van der Waals surface area contributed by atoms with Crippen LogP contribution in [0.5, 0.6) is 5.75 Å². The Labute approximate surface area is 119 Å². The molecule has 4 heteroatoms. The van der Waals surface area contributed by atoms with E-state index in [1.807, 2.05) is 61.6 Å². The molecule has 0 aliphatic carbocycles. The van der Waals surface area contributed by atoms with Crippen LogP contribution in [-0.2, 0) is 11.2 Å². The van der Waals surface area contributed by atoms with Gasteiger partial charge in [-0.3, -0.25) is 15.2 Å². The minimum Gasteiger partial charge on any atom is -0.497 e. The second kappa shape index (κ2) is 6.61. The fraction of sp³-hybridized carbons (Fsp3) is 0.188. The number of hydrazine groups is 1. The van der Waals surface area contributed by atoms with Crippen LogP contribution in [-0.4, -0.2) is 20.1 Å². The van der Waals surface area contributed by atoms with Crippen LogP contribution < -0.4 is 15.2 Å². The maximum Gasteiger partial charge on any atom is 0.242 e. The number of methoxy groups -OCH3 is 1. The molecule has 0 heterocycles. The monoisotopic (exact) mass is 270 g/mol. The Kier molecular flexibility index (Phi) is 4.60. The van der Waals surface area contributed by atoms with E-state index in [2.05, 4.69) is 5.43 Å². The third-order valence-corrected chi connectivity index (χ3v) is 2.96. The molecule has 104 valence electrons. The smallest absolute Gasteiger partial charge is 0.242 e. The largest absolute Gasteiger partial charge is 0.497 e. The first kappa shape index (κ1) is 13.9. The first-order chi connectivity index (χ1) is 9.69. The van der Waals surface area contributed by atoms with Crippen LogP contribution in [0.15, 0.2) is 54.6 Å². The SMILES string of the molecule is COc1ccc(CC(=O)NN(C)c2ccccc2)cc1. The lowest BCUT2D eigenvalue weighted by Crippen LogP contribution is -2.40. The van der Waals surface area contributed by atoms with Gasteiger partial charge in [0.2, 0.25) is 5.91 Å². The van der Waals surface area contributed by atoms with Crippen molar-refractivity contribution in [2.45, 2.75) is 6.42 Å². The summed E-state index contributed by atoms with van der Waals surface area (Å²) in [5.41, 5.74) is 4.73. The van der Waals surface area contributed by atoms with Gasteiger partial charge in [-0.15, -0.1) is 0 Å². The summed E-state index contributed by atoms with van der Waals surface area (Å²) >= 11 is 0. The lowest BCUT2D eigenvalue weighted by molar-refractivity contribution is -0.120. The van der Waals surface area contributed by atoms with Gasteiger partial charge in [0, 0.05) is 7.05 Å². The van der Waals surface area contributed by atoms with Crippen molar-refractivity contribution in [2.75, 3.05) is 19.2 Å². The van der Waals surface area contributed by atoms with Crippen molar-refractivity contribution in [3.05, 3.63) is 60.2 Å². The van der Waals surface area contributed by atoms with Gasteiger partial charge in [-0.05, 0) is 29.8 Å². The zero-order valence-corrected chi connectivity index (χ0v) is 11.7. The molecule has 0 bridgehead atoms. The molecule has 0 unspecified atom stereocenters. The summed E-state index contributed by atoms with van der Waals surface area (Å²) < 4.78 is 5.09. The molecule has 2 aromatic carbocycles. The first-order valence-corrected chi connectivity index (χ1v) is 6.40. The molecule has 2 rings (SSSR count). The predicted octanol–water partition coefficient (Wildman–Crippen LogP) is 2.41. The number of ether oxygens (including phenoxy) is 1. The molecular weight excluding hydrogens is 252 g/mol. The summed E-state index contributed by atoms with van der Waals surface area (Å²) in [5.74, 6) is 0.733. The van der Waals surface area contributed by atoms with Gasteiger partial charge in [0.25, 0.3) is 0 Å². The second-order valence-electron chi connectivity index (χ2n) is 4.45. The fourth-order valence-corrected chi connectivity index (χ4v) is 1.87. The summed E-state index contributed by atoms with van der Waals surface area (Å²) in [7, 11) is 3.44. The number of benzene rings is 2. The van der Waals surface area contributed by atoms with Crippen molar-refractivity contribution in [1.29, 1.82) is 0 Å². The third-order valence-electron chi connectivity index (χ3n) is 2.96. The normalized spacial score (nSPS) is 9.90. The van der Waals surface area contributed by atoms with Crippen LogP contribution in [0.4, 0.5) is 5.69 Å². The minimum atomic E-state index is -0.0541. The minimum absolute atomic E-state index is 0.0541. The molecule has 20 heavy (non-hydrogen) atoms. The van der Waals surface area contributed by atoms with Crippen LogP contribution in [0.3, 0.4) is 0 Å². The average molecular weight is 270 g/mol. The van der Waals surface area contributed by atoms with E-state index in [4.69, 9.17) is 4.74 Å². The topological polar surface area (TPSA) is 41.6 Å². The van der Waals surface area contributed by atoms with E-state index in [0.717, 1.165) is 17.0 Å². The van der Waals surface area contributed by atoms with Crippen LogP contribution in [0, 0.1) is 0 Å². The zero-order valence-electron chi connectivity index (χ0n) is 11.7. The number of hydrogen-bond acceptors (Lipinski definition) is 3. The van der Waals surface area contributed by atoms with Gasteiger partial charge < -0.3 is 4.74 Å². The molecule has 0 saturated heterocycles. The van der Waals surface area contributed by atoms with E-state index in [1.54, 1.807) is 12.1 Å². The Hall–Kier alpha value is -2.49. The summed E-state index contributed by atoms with van der Waals surface area (Å²) in [6.07, 6.45) is 0.334. The van der Waals surface area contributed by atoms with Gasteiger partial charge in [0.1, 0.15) is 5.75 Å². The Morgan fingerprint density at radius 2 is 1.75 bits per heavy atom. The Morgan fingerprint density at radius 3 is 2.35 bits per heavy atom. The van der Waals surface area contributed by atoms with Crippen LogP contribution >= 0.6 is 0 Å². The highest BCUT2D eigenvalue weighted by Crippen LogP contribution is 2.12. The van der Waals surface area contributed by atoms with Crippen molar-refractivity contribution >= 4 is 11.6 Å². The number of carbonyl (C=O) groups is 1. The summed E-state index contributed by atoms with van der Waals surface area (Å²) in [6, 6.07) is 17.2. The van der Waals surface area contributed by atoms with Crippen molar-refractivity contribution in [2.24, 2.45) is 0 Å². The van der Waals surface area contributed by atoms with E-state index >= 15 is 0 Å². The van der Waals surface area contributed by atoms with Gasteiger partial charge in [-0.1, -0.05) is 30.3 Å². The third kappa shape index (κ3) is 3.75. The first-order valence-electron chi connectivity index (χ1n) is 6.40. The highest BCUT2D eigenvalue weighted by atomic mass is 16.5. The highest BCUT2D eigenvalue weighted by Gasteiger charge is 2.07. The van der Waals surface area contributed by atoms with E-state index in [9.17, 15) is 4.79 Å². The molecule has 4 nitrogen and oxygen atoms in total. The van der Waals surface area contributed by atoms with Gasteiger partial charge in [-0.25, -0.2) is 0 Å². The quantitative estimate of drug-likeness (QED) is 0.848. The molecular formula is C16H18N2O2. The lowest BCUT2D eigenvalue weighted by atomic mass is 10.1. The number of anilines is 1. The van der Waals surface area contributed by atoms with Crippen molar-refractivity contribution in [3.63, 3.8) is 0 Å². The molecule has 1 amide bonds. The number of para-hydroxylation sites is 1. The van der Waals surface area contributed by atoms with E-state index in [1.165, 1.54) is 0 Å². The molecule has 0 aliphatic heterocycles. The molecule has 0 aliphatic rings. The Balaban J connectivity index is 1.91. The number of nitrogens with zero attached hydrogens (tertiary/aromatic N) is 1. The van der Waals surface area contributed by atoms with Gasteiger partial charge in [-0.2, -0.15) is 0 Å². The number of hydrogen-bond donors (Lipinski definition) is 1. The molecule has 0 saturated carbocycles. The average Bonchev–Trinajstić information content (AvgIpc) is 2.49. The Bertz CT molecular complexity index is 552. The van der Waals surface area contributed by atoms with Crippen LogP contribution in [0.25, 0.3) is 0 Å². The van der Waals surface area contributed by atoms with E-state index in [-0.39, 0.29) is 5.91 Å². The lowest BCUT2D eigenvalue weighted by Gasteiger charge is -2.20. The number of nitrogens with one attached hydrogen (secondary N) is 1. The zero-order chi connectivity index (χ0) is 14.4. The van der Waals surface area contributed by atoms with Gasteiger partial charge in [0.05, 0.1) is 19.2 Å². The van der Waals surface area contributed by atoms with Crippen molar-refractivity contribution in [3.8, 4) is 5.75 Å². The molecule has 2 aromatic rings. The maximum absolute atomic E-state index is 12.0. The highest BCUT2D eigenvalue weighted by molar-refractivity contribution is 5.80. The number of amides is 1. The van der Waals surface area contributed by atoms with Crippen LogP contribution in [0.1, 0.15) is 5.56 Å². The Morgan fingerprint density at radius 1 is 1.10 bits per heavy atom.